The maximum atomic E-state index is 12.8. The highest BCUT2D eigenvalue weighted by Gasteiger charge is 2.32. The van der Waals surface area contributed by atoms with E-state index in [4.69, 9.17) is 0 Å². The predicted molar refractivity (Wildman–Crippen MR) is 111 cm³/mol. The average Bonchev–Trinajstić information content (AvgIpc) is 2.74. The molecule has 0 unspecified atom stereocenters. The van der Waals surface area contributed by atoms with Crippen LogP contribution in [-0.4, -0.2) is 62.2 Å². The monoisotopic (exact) mass is 421 g/mol. The quantitative estimate of drug-likeness (QED) is 0.760. The molecule has 0 radical (unpaired) electrons. The maximum absolute atomic E-state index is 12.8. The van der Waals surface area contributed by atoms with Crippen LogP contribution in [0.15, 0.2) is 29.2 Å². The number of sulfonamides is 1. The number of hydrogen-bond donors (Lipinski definition) is 1. The SMILES string of the molecule is Cc1ccc(S(=O)(=O)N2CCC(C(=O)NCCC(=O)N3CCCCC3)CC2)cc1. The Balaban J connectivity index is 1.43. The van der Waals surface area contributed by atoms with Gasteiger partial charge >= 0.3 is 0 Å². The van der Waals surface area contributed by atoms with E-state index >= 15 is 0 Å². The average molecular weight is 422 g/mol. The van der Waals surface area contributed by atoms with Gasteiger partial charge in [0.25, 0.3) is 0 Å². The Morgan fingerprint density at radius 3 is 2.24 bits per heavy atom. The number of carbonyl (C=O) groups is 2. The number of hydrogen-bond acceptors (Lipinski definition) is 4. The van der Waals surface area contributed by atoms with E-state index in [0.717, 1.165) is 31.5 Å². The molecule has 29 heavy (non-hydrogen) atoms. The van der Waals surface area contributed by atoms with Crippen molar-refractivity contribution in [2.75, 3.05) is 32.7 Å². The predicted octanol–water partition coefficient (Wildman–Crippen LogP) is 1.91. The van der Waals surface area contributed by atoms with Crippen LogP contribution in [0.5, 0.6) is 0 Å². The van der Waals surface area contributed by atoms with Crippen molar-refractivity contribution in [1.29, 1.82) is 0 Å². The van der Waals surface area contributed by atoms with Crippen molar-refractivity contribution in [3.8, 4) is 0 Å². The molecule has 2 saturated heterocycles. The van der Waals surface area contributed by atoms with E-state index in [2.05, 4.69) is 5.32 Å². The first-order valence-electron chi connectivity index (χ1n) is 10.5. The molecule has 2 fully saturated rings. The molecule has 3 rings (SSSR count). The smallest absolute Gasteiger partial charge is 0.243 e. The van der Waals surface area contributed by atoms with E-state index in [1.54, 1.807) is 24.3 Å². The minimum Gasteiger partial charge on any atom is -0.355 e. The van der Waals surface area contributed by atoms with Crippen LogP contribution in [0.3, 0.4) is 0 Å². The normalized spacial score (nSPS) is 19.1. The van der Waals surface area contributed by atoms with Crippen molar-refractivity contribution in [1.82, 2.24) is 14.5 Å². The molecular weight excluding hydrogens is 390 g/mol. The fraction of sp³-hybridized carbons (Fsp3) is 0.619. The molecule has 2 amide bonds. The number of aryl methyl sites for hydroxylation is 1. The molecule has 1 aromatic rings. The topological polar surface area (TPSA) is 86.8 Å². The zero-order chi connectivity index (χ0) is 20.9. The van der Waals surface area contributed by atoms with Crippen LogP contribution in [0.1, 0.15) is 44.1 Å². The summed E-state index contributed by atoms with van der Waals surface area (Å²) in [6, 6.07) is 6.84. The second kappa shape index (κ2) is 9.71. The number of nitrogens with zero attached hydrogens (tertiary/aromatic N) is 2. The lowest BCUT2D eigenvalue weighted by atomic mass is 9.97. The lowest BCUT2D eigenvalue weighted by Crippen LogP contribution is -2.43. The molecule has 160 valence electrons. The molecule has 0 aromatic heterocycles. The number of benzene rings is 1. The first-order valence-corrected chi connectivity index (χ1v) is 11.9. The van der Waals surface area contributed by atoms with Gasteiger partial charge in [0.2, 0.25) is 21.8 Å². The molecule has 0 aliphatic carbocycles. The first kappa shape index (κ1) is 21.8. The van der Waals surface area contributed by atoms with E-state index in [0.29, 0.717) is 43.8 Å². The van der Waals surface area contributed by atoms with Gasteiger partial charge in [0.1, 0.15) is 0 Å². The number of piperidine rings is 2. The molecule has 2 heterocycles. The molecule has 0 saturated carbocycles. The summed E-state index contributed by atoms with van der Waals surface area (Å²) in [4.78, 5) is 26.8. The van der Waals surface area contributed by atoms with Gasteiger partial charge < -0.3 is 10.2 Å². The van der Waals surface area contributed by atoms with Crippen LogP contribution in [-0.2, 0) is 19.6 Å². The molecule has 1 aromatic carbocycles. The summed E-state index contributed by atoms with van der Waals surface area (Å²) < 4.78 is 27.0. The van der Waals surface area contributed by atoms with E-state index in [9.17, 15) is 18.0 Å². The Bertz CT molecular complexity index is 809. The Labute approximate surface area is 173 Å². The van der Waals surface area contributed by atoms with Crippen LogP contribution < -0.4 is 5.32 Å². The second-order valence-corrected chi connectivity index (χ2v) is 9.91. The fourth-order valence-corrected chi connectivity index (χ4v) is 5.43. The van der Waals surface area contributed by atoms with E-state index in [-0.39, 0.29) is 17.7 Å². The molecule has 1 N–H and O–H groups in total. The summed E-state index contributed by atoms with van der Waals surface area (Å²) in [5.74, 6) is -0.183. The van der Waals surface area contributed by atoms with E-state index in [1.807, 2.05) is 11.8 Å². The Morgan fingerprint density at radius 1 is 1.00 bits per heavy atom. The number of carbonyl (C=O) groups excluding carboxylic acids is 2. The zero-order valence-corrected chi connectivity index (χ0v) is 17.9. The first-order chi connectivity index (χ1) is 13.9. The van der Waals surface area contributed by atoms with E-state index < -0.39 is 10.0 Å². The van der Waals surface area contributed by atoms with Gasteiger partial charge in [-0.25, -0.2) is 8.42 Å². The third-order valence-corrected chi connectivity index (χ3v) is 7.74. The van der Waals surface area contributed by atoms with Crippen molar-refractivity contribution in [3.63, 3.8) is 0 Å². The molecular formula is C21H31N3O4S. The number of rotatable bonds is 6. The Morgan fingerprint density at radius 2 is 1.62 bits per heavy atom. The summed E-state index contributed by atoms with van der Waals surface area (Å²) in [5, 5.41) is 2.86. The van der Waals surface area contributed by atoms with Crippen LogP contribution in [0.25, 0.3) is 0 Å². The fourth-order valence-electron chi connectivity index (χ4n) is 3.96. The lowest BCUT2D eigenvalue weighted by molar-refractivity contribution is -0.132. The van der Waals surface area contributed by atoms with Crippen LogP contribution in [0.2, 0.25) is 0 Å². The Kier molecular flexibility index (Phi) is 7.29. The zero-order valence-electron chi connectivity index (χ0n) is 17.1. The largest absolute Gasteiger partial charge is 0.355 e. The number of amides is 2. The van der Waals surface area contributed by atoms with Crippen LogP contribution in [0.4, 0.5) is 0 Å². The van der Waals surface area contributed by atoms with Crippen LogP contribution >= 0.6 is 0 Å². The van der Waals surface area contributed by atoms with Gasteiger partial charge in [-0.05, 0) is 51.2 Å². The third kappa shape index (κ3) is 5.57. The second-order valence-electron chi connectivity index (χ2n) is 7.97. The molecule has 7 nitrogen and oxygen atoms in total. The molecule has 0 bridgehead atoms. The van der Waals surface area contributed by atoms with Crippen molar-refractivity contribution in [3.05, 3.63) is 29.8 Å². The third-order valence-electron chi connectivity index (χ3n) is 5.83. The van der Waals surface area contributed by atoms with Gasteiger partial charge in [-0.3, -0.25) is 9.59 Å². The highest BCUT2D eigenvalue weighted by Crippen LogP contribution is 2.24. The Hall–Kier alpha value is -1.93. The lowest BCUT2D eigenvalue weighted by Gasteiger charge is -2.30. The van der Waals surface area contributed by atoms with Gasteiger partial charge in [0.15, 0.2) is 0 Å². The molecule has 0 atom stereocenters. The highest BCUT2D eigenvalue weighted by molar-refractivity contribution is 7.89. The van der Waals surface area contributed by atoms with Crippen molar-refractivity contribution in [2.24, 2.45) is 5.92 Å². The highest BCUT2D eigenvalue weighted by atomic mass is 32.2. The molecule has 0 spiro atoms. The summed E-state index contributed by atoms with van der Waals surface area (Å²) in [7, 11) is -3.52. The number of nitrogens with one attached hydrogen (secondary N) is 1. The number of likely N-dealkylation sites (tertiary alicyclic amines) is 1. The summed E-state index contributed by atoms with van der Waals surface area (Å²) in [6.45, 7) is 4.57. The molecule has 2 aliphatic heterocycles. The maximum Gasteiger partial charge on any atom is 0.243 e. The van der Waals surface area contributed by atoms with Crippen LogP contribution in [0, 0.1) is 12.8 Å². The van der Waals surface area contributed by atoms with Gasteiger partial charge in [-0.1, -0.05) is 17.7 Å². The minimum atomic E-state index is -3.52. The standard InChI is InChI=1S/C21H31N3O4S/c1-17-5-7-19(8-6-17)29(27,28)24-15-10-18(11-16-24)21(26)22-12-9-20(25)23-13-3-2-4-14-23/h5-8,18H,2-4,9-16H2,1H3,(H,22,26). The van der Waals surface area contributed by atoms with Crippen molar-refractivity contribution < 1.29 is 18.0 Å². The van der Waals surface area contributed by atoms with Gasteiger partial charge in [-0.15, -0.1) is 0 Å². The van der Waals surface area contributed by atoms with Gasteiger partial charge in [0.05, 0.1) is 4.90 Å². The van der Waals surface area contributed by atoms with Crippen molar-refractivity contribution in [2.45, 2.75) is 50.3 Å². The molecule has 2 aliphatic rings. The summed E-state index contributed by atoms with van der Waals surface area (Å²) in [6.07, 6.45) is 4.61. The summed E-state index contributed by atoms with van der Waals surface area (Å²) in [5.41, 5.74) is 1.01. The van der Waals surface area contributed by atoms with E-state index in [1.165, 1.54) is 10.7 Å². The van der Waals surface area contributed by atoms with Crippen molar-refractivity contribution >= 4 is 21.8 Å². The molecule has 8 heteroatoms. The minimum absolute atomic E-state index is 0.0798. The summed E-state index contributed by atoms with van der Waals surface area (Å²) >= 11 is 0. The van der Waals surface area contributed by atoms with Gasteiger partial charge in [0, 0.05) is 45.1 Å². The van der Waals surface area contributed by atoms with Gasteiger partial charge in [-0.2, -0.15) is 4.31 Å².